The Balaban J connectivity index is 2.97. The van der Waals surface area contributed by atoms with E-state index in [9.17, 15) is 14.4 Å². The molecule has 76 valence electrons. The van der Waals surface area contributed by atoms with Crippen LogP contribution in [0.1, 0.15) is 20.3 Å². The predicted octanol–water partition coefficient (Wildman–Crippen LogP) is 0.0701. The van der Waals surface area contributed by atoms with Gasteiger partial charge in [0.05, 0.1) is 12.3 Å². The van der Waals surface area contributed by atoms with Gasteiger partial charge in [-0.1, -0.05) is 0 Å². The third kappa shape index (κ3) is 1.81. The van der Waals surface area contributed by atoms with Gasteiger partial charge in [-0.2, -0.15) is 0 Å². The fraction of sp³-hybridized carbons (Fsp3) is 0.444. The standard InChI is InChI=1S/C9H11NO4/c1-4-8(5(2)11)6(3-7(12)13)9(14)10-4/h6H,3H2,1-2H3,(H,10,14)(H,12,13)/t6-/m0/s1. The van der Waals surface area contributed by atoms with Gasteiger partial charge in [-0.15, -0.1) is 0 Å². The van der Waals surface area contributed by atoms with E-state index in [0.29, 0.717) is 5.70 Å². The van der Waals surface area contributed by atoms with Gasteiger partial charge in [0.1, 0.15) is 0 Å². The van der Waals surface area contributed by atoms with Crippen molar-refractivity contribution in [2.45, 2.75) is 20.3 Å². The topological polar surface area (TPSA) is 83.5 Å². The molecule has 1 heterocycles. The van der Waals surface area contributed by atoms with E-state index in [-0.39, 0.29) is 17.8 Å². The minimum atomic E-state index is -1.08. The van der Waals surface area contributed by atoms with Crippen LogP contribution < -0.4 is 5.32 Å². The van der Waals surface area contributed by atoms with Gasteiger partial charge in [0, 0.05) is 11.3 Å². The molecule has 0 unspecified atom stereocenters. The lowest BCUT2D eigenvalue weighted by Crippen LogP contribution is -2.24. The maximum Gasteiger partial charge on any atom is 0.304 e. The monoisotopic (exact) mass is 197 g/mol. The summed E-state index contributed by atoms with van der Waals surface area (Å²) in [4.78, 5) is 32.9. The molecule has 1 aliphatic rings. The summed E-state index contributed by atoms with van der Waals surface area (Å²) in [7, 11) is 0. The number of carbonyl (C=O) groups excluding carboxylic acids is 2. The first-order valence-electron chi connectivity index (χ1n) is 4.18. The number of aliphatic carboxylic acids is 1. The van der Waals surface area contributed by atoms with Gasteiger partial charge in [-0.3, -0.25) is 14.4 Å². The Morgan fingerprint density at radius 3 is 2.50 bits per heavy atom. The number of hydrogen-bond donors (Lipinski definition) is 2. The molecule has 1 rings (SSSR count). The second-order valence-electron chi connectivity index (χ2n) is 3.23. The summed E-state index contributed by atoms with van der Waals surface area (Å²) in [5, 5.41) is 11.0. The molecule has 0 saturated carbocycles. The van der Waals surface area contributed by atoms with Crippen molar-refractivity contribution in [2.24, 2.45) is 5.92 Å². The van der Waals surface area contributed by atoms with Crippen LogP contribution in [0, 0.1) is 5.92 Å². The molecule has 0 fully saturated rings. The van der Waals surface area contributed by atoms with Crippen molar-refractivity contribution in [2.75, 3.05) is 0 Å². The van der Waals surface area contributed by atoms with Crippen LogP contribution in [-0.4, -0.2) is 22.8 Å². The van der Waals surface area contributed by atoms with Crippen LogP contribution in [0.3, 0.4) is 0 Å². The van der Waals surface area contributed by atoms with Crippen molar-refractivity contribution in [1.82, 2.24) is 5.32 Å². The summed E-state index contributed by atoms with van der Waals surface area (Å²) in [5.41, 5.74) is 0.756. The lowest BCUT2D eigenvalue weighted by atomic mass is 9.94. The Labute approximate surface area is 80.8 Å². The molecule has 0 bridgehead atoms. The number of ketones is 1. The average molecular weight is 197 g/mol. The molecule has 0 saturated heterocycles. The van der Waals surface area contributed by atoms with Crippen molar-refractivity contribution in [3.63, 3.8) is 0 Å². The van der Waals surface area contributed by atoms with E-state index in [1.165, 1.54) is 6.92 Å². The predicted molar refractivity (Wildman–Crippen MR) is 47.3 cm³/mol. The Bertz CT molecular complexity index is 343. The molecule has 1 atom stereocenters. The zero-order valence-electron chi connectivity index (χ0n) is 7.96. The molecule has 0 aliphatic carbocycles. The van der Waals surface area contributed by atoms with E-state index >= 15 is 0 Å². The minimum Gasteiger partial charge on any atom is -0.481 e. The first-order valence-corrected chi connectivity index (χ1v) is 4.18. The SMILES string of the molecule is CC(=O)C1=C(C)NC(=O)[C@H]1CC(=O)O. The Kier molecular flexibility index (Phi) is 2.69. The minimum absolute atomic E-state index is 0.257. The largest absolute Gasteiger partial charge is 0.481 e. The van der Waals surface area contributed by atoms with Crippen LogP contribution in [0.15, 0.2) is 11.3 Å². The van der Waals surface area contributed by atoms with E-state index in [1.807, 2.05) is 0 Å². The lowest BCUT2D eigenvalue weighted by molar-refractivity contribution is -0.140. The maximum atomic E-state index is 11.3. The molecular formula is C9H11NO4. The van der Waals surface area contributed by atoms with E-state index in [0.717, 1.165) is 0 Å². The summed E-state index contributed by atoms with van der Waals surface area (Å²) in [5.74, 6) is -2.58. The summed E-state index contributed by atoms with van der Waals surface area (Å²) in [6, 6.07) is 0. The van der Waals surface area contributed by atoms with Crippen molar-refractivity contribution in [3.05, 3.63) is 11.3 Å². The molecule has 1 aliphatic heterocycles. The Morgan fingerprint density at radius 1 is 1.50 bits per heavy atom. The van der Waals surface area contributed by atoms with Crippen LogP contribution in [-0.2, 0) is 14.4 Å². The van der Waals surface area contributed by atoms with Gasteiger partial charge in [0.25, 0.3) is 0 Å². The highest BCUT2D eigenvalue weighted by Gasteiger charge is 2.35. The maximum absolute atomic E-state index is 11.3. The number of carboxylic acids is 1. The molecule has 0 radical (unpaired) electrons. The number of hydrogen-bond acceptors (Lipinski definition) is 3. The molecule has 0 aromatic rings. The van der Waals surface area contributed by atoms with E-state index < -0.39 is 17.8 Å². The van der Waals surface area contributed by atoms with E-state index in [2.05, 4.69) is 5.32 Å². The molecule has 5 heteroatoms. The summed E-state index contributed by atoms with van der Waals surface area (Å²) >= 11 is 0. The number of nitrogens with one attached hydrogen (secondary N) is 1. The number of carbonyl (C=O) groups is 3. The molecule has 5 nitrogen and oxygen atoms in total. The smallest absolute Gasteiger partial charge is 0.304 e. The normalized spacial score (nSPS) is 21.0. The first-order chi connectivity index (χ1) is 6.43. The second-order valence-corrected chi connectivity index (χ2v) is 3.23. The molecule has 14 heavy (non-hydrogen) atoms. The zero-order chi connectivity index (χ0) is 10.9. The van der Waals surface area contributed by atoms with Gasteiger partial charge < -0.3 is 10.4 Å². The zero-order valence-corrected chi connectivity index (χ0v) is 7.96. The first kappa shape index (κ1) is 10.4. The van der Waals surface area contributed by atoms with Gasteiger partial charge >= 0.3 is 5.97 Å². The molecular weight excluding hydrogens is 186 g/mol. The highest BCUT2D eigenvalue weighted by molar-refractivity contribution is 6.05. The summed E-state index contributed by atoms with van der Waals surface area (Å²) in [6.45, 7) is 2.92. The fourth-order valence-corrected chi connectivity index (χ4v) is 1.61. The third-order valence-corrected chi connectivity index (χ3v) is 2.14. The molecule has 2 N–H and O–H groups in total. The van der Waals surface area contributed by atoms with Gasteiger partial charge in [-0.25, -0.2) is 0 Å². The quantitative estimate of drug-likeness (QED) is 0.670. The van der Waals surface area contributed by atoms with Crippen molar-refractivity contribution < 1.29 is 19.5 Å². The van der Waals surface area contributed by atoms with Gasteiger partial charge in [0.15, 0.2) is 5.78 Å². The van der Waals surface area contributed by atoms with Crippen LogP contribution in [0.5, 0.6) is 0 Å². The van der Waals surface area contributed by atoms with E-state index in [1.54, 1.807) is 6.92 Å². The van der Waals surface area contributed by atoms with Crippen molar-refractivity contribution >= 4 is 17.7 Å². The number of amides is 1. The second kappa shape index (κ2) is 3.61. The highest BCUT2D eigenvalue weighted by atomic mass is 16.4. The Morgan fingerprint density at radius 2 is 2.07 bits per heavy atom. The fourth-order valence-electron chi connectivity index (χ4n) is 1.61. The number of carboxylic acid groups (broad SMARTS) is 1. The molecule has 0 aromatic heterocycles. The molecule has 1 amide bonds. The van der Waals surface area contributed by atoms with Crippen molar-refractivity contribution in [3.8, 4) is 0 Å². The Hall–Kier alpha value is -1.65. The lowest BCUT2D eigenvalue weighted by Gasteiger charge is -2.06. The molecule has 0 spiro atoms. The molecule has 0 aromatic carbocycles. The van der Waals surface area contributed by atoms with Gasteiger partial charge in [-0.05, 0) is 13.8 Å². The van der Waals surface area contributed by atoms with E-state index in [4.69, 9.17) is 5.11 Å². The number of Topliss-reactive ketones (excluding diaryl/α,β-unsaturated/α-hetero) is 1. The van der Waals surface area contributed by atoms with Crippen molar-refractivity contribution in [1.29, 1.82) is 0 Å². The third-order valence-electron chi connectivity index (χ3n) is 2.14. The summed E-state index contributed by atoms with van der Waals surface area (Å²) in [6.07, 6.45) is -0.335. The van der Waals surface area contributed by atoms with Crippen LogP contribution in [0.2, 0.25) is 0 Å². The average Bonchev–Trinajstić information content (AvgIpc) is 2.25. The van der Waals surface area contributed by atoms with Gasteiger partial charge in [0.2, 0.25) is 5.91 Å². The van der Waals surface area contributed by atoms with Crippen LogP contribution in [0.4, 0.5) is 0 Å². The highest BCUT2D eigenvalue weighted by Crippen LogP contribution is 2.25. The van der Waals surface area contributed by atoms with Crippen LogP contribution in [0.25, 0.3) is 0 Å². The summed E-state index contributed by atoms with van der Waals surface area (Å²) < 4.78 is 0. The number of allylic oxidation sites excluding steroid dienone is 1. The van der Waals surface area contributed by atoms with Crippen LogP contribution >= 0.6 is 0 Å². The number of rotatable bonds is 3.